The summed E-state index contributed by atoms with van der Waals surface area (Å²) >= 11 is 0. The molecule has 2 amide bonds. The van der Waals surface area contributed by atoms with Gasteiger partial charge in [-0.2, -0.15) is 0 Å². The Labute approximate surface area is 145 Å². The number of likely N-dealkylation sites (tertiary alicyclic amines) is 1. The third-order valence-corrected chi connectivity index (χ3v) is 5.14. The van der Waals surface area contributed by atoms with E-state index < -0.39 is 33.6 Å². The van der Waals surface area contributed by atoms with Gasteiger partial charge in [0.2, 0.25) is 5.91 Å². The number of benzene rings is 1. The van der Waals surface area contributed by atoms with E-state index >= 15 is 0 Å². The summed E-state index contributed by atoms with van der Waals surface area (Å²) in [4.78, 5) is 25.8. The maximum absolute atomic E-state index is 12.5. The summed E-state index contributed by atoms with van der Waals surface area (Å²) in [5.74, 6) is -1.53. The van der Waals surface area contributed by atoms with Crippen molar-refractivity contribution < 1.29 is 27.9 Å². The first kappa shape index (κ1) is 17.8. The van der Waals surface area contributed by atoms with Gasteiger partial charge in [-0.1, -0.05) is 12.1 Å². The molecule has 1 aromatic carbocycles. The van der Waals surface area contributed by atoms with Crippen LogP contribution >= 0.6 is 0 Å². The number of fused-ring (bicyclic) bond motifs is 1. The molecule has 3 rings (SSSR count). The van der Waals surface area contributed by atoms with Gasteiger partial charge in [0, 0.05) is 24.9 Å². The zero-order valence-corrected chi connectivity index (χ0v) is 14.6. The van der Waals surface area contributed by atoms with Crippen molar-refractivity contribution in [1.82, 2.24) is 10.2 Å². The molecule has 2 N–H and O–H groups in total. The monoisotopic (exact) mass is 368 g/mol. The van der Waals surface area contributed by atoms with Crippen LogP contribution in [0, 0.1) is 0 Å². The minimum atomic E-state index is -3.44. The third-order valence-electron chi connectivity index (χ3n) is 4.37. The van der Waals surface area contributed by atoms with Crippen molar-refractivity contribution >= 4 is 21.7 Å². The van der Waals surface area contributed by atoms with Crippen LogP contribution in [-0.4, -0.2) is 67.5 Å². The lowest BCUT2D eigenvalue weighted by Crippen LogP contribution is -2.43. The van der Waals surface area contributed by atoms with Crippen LogP contribution in [-0.2, 0) is 32.6 Å². The van der Waals surface area contributed by atoms with E-state index in [2.05, 4.69) is 5.32 Å². The molecule has 0 aliphatic carbocycles. The highest BCUT2D eigenvalue weighted by molar-refractivity contribution is 7.91. The molecule has 8 nitrogen and oxygen atoms in total. The Morgan fingerprint density at radius 1 is 1.32 bits per heavy atom. The summed E-state index contributed by atoms with van der Waals surface area (Å²) in [5.41, 5.74) is 2.28. The second-order valence-electron chi connectivity index (χ2n) is 6.45. The number of sulfone groups is 1. The molecule has 1 saturated heterocycles. The molecule has 0 spiro atoms. The van der Waals surface area contributed by atoms with E-state index in [1.165, 1.54) is 4.90 Å². The Hall–Kier alpha value is -1.97. The van der Waals surface area contributed by atoms with Crippen LogP contribution in [0.2, 0.25) is 0 Å². The smallest absolute Gasteiger partial charge is 0.252 e. The van der Waals surface area contributed by atoms with Crippen molar-refractivity contribution in [1.29, 1.82) is 0 Å². The Morgan fingerprint density at radius 3 is 2.80 bits per heavy atom. The summed E-state index contributed by atoms with van der Waals surface area (Å²) in [7, 11) is -3.44. The van der Waals surface area contributed by atoms with Gasteiger partial charge in [-0.25, -0.2) is 8.42 Å². The lowest BCUT2D eigenvalue weighted by Gasteiger charge is -2.17. The standard InChI is InChI=1S/C16H20N2O6S/c1-25(22,23)9-15(20)18-5-13(14(19)6-18)17-16(21)11-4-2-3-10-7-24-8-12(10)11/h2-4,13-14,19H,5-9H2,1H3,(H,17,21)/t13-,14-/m1/s1. The quantitative estimate of drug-likeness (QED) is 0.709. The molecule has 1 fully saturated rings. The highest BCUT2D eigenvalue weighted by Crippen LogP contribution is 2.23. The molecule has 2 aliphatic heterocycles. The largest absolute Gasteiger partial charge is 0.389 e. The fourth-order valence-electron chi connectivity index (χ4n) is 3.11. The van der Waals surface area contributed by atoms with Crippen molar-refractivity contribution in [3.8, 4) is 0 Å². The van der Waals surface area contributed by atoms with E-state index in [0.717, 1.165) is 17.4 Å². The average molecular weight is 368 g/mol. The SMILES string of the molecule is CS(=O)(=O)CC(=O)N1C[C@@H](O)[C@H](NC(=O)c2cccc3c2COC3)C1. The summed E-state index contributed by atoms with van der Waals surface area (Å²) in [6.45, 7) is 0.906. The molecule has 136 valence electrons. The third kappa shape index (κ3) is 4.00. The number of nitrogens with one attached hydrogen (secondary N) is 1. The first-order valence-electron chi connectivity index (χ1n) is 7.87. The molecule has 2 aliphatic rings. The molecular formula is C16H20N2O6S. The molecule has 0 aromatic heterocycles. The number of β-amino-alcohol motifs (C(OH)–C–C–N with tert-alkyl or cyclic N) is 1. The molecule has 9 heteroatoms. The number of hydrogen-bond acceptors (Lipinski definition) is 6. The van der Waals surface area contributed by atoms with Crippen LogP contribution in [0.3, 0.4) is 0 Å². The molecule has 0 radical (unpaired) electrons. The fraction of sp³-hybridized carbons (Fsp3) is 0.500. The van der Waals surface area contributed by atoms with Gasteiger partial charge in [0.25, 0.3) is 5.91 Å². The van der Waals surface area contributed by atoms with Gasteiger partial charge >= 0.3 is 0 Å². The van der Waals surface area contributed by atoms with Crippen LogP contribution in [0.15, 0.2) is 18.2 Å². The molecule has 0 saturated carbocycles. The maximum atomic E-state index is 12.5. The molecule has 0 bridgehead atoms. The number of rotatable bonds is 4. The predicted octanol–water partition coefficient (Wildman–Crippen LogP) is -0.937. The summed E-state index contributed by atoms with van der Waals surface area (Å²) in [6.07, 6.45) is 0.0369. The van der Waals surface area contributed by atoms with E-state index in [9.17, 15) is 23.1 Å². The highest BCUT2D eigenvalue weighted by atomic mass is 32.2. The van der Waals surface area contributed by atoms with Gasteiger partial charge in [0.1, 0.15) is 5.75 Å². The van der Waals surface area contributed by atoms with Crippen LogP contribution in [0.4, 0.5) is 0 Å². The maximum Gasteiger partial charge on any atom is 0.252 e. The second kappa shape index (κ2) is 6.74. The fourth-order valence-corrected chi connectivity index (χ4v) is 3.74. The average Bonchev–Trinajstić information content (AvgIpc) is 3.12. The van der Waals surface area contributed by atoms with Crippen molar-refractivity contribution in [2.24, 2.45) is 0 Å². The first-order valence-corrected chi connectivity index (χ1v) is 9.93. The van der Waals surface area contributed by atoms with Crippen molar-refractivity contribution in [2.45, 2.75) is 25.4 Å². The number of hydrogen-bond donors (Lipinski definition) is 2. The van der Waals surface area contributed by atoms with Gasteiger partial charge in [0.15, 0.2) is 9.84 Å². The number of carbonyl (C=O) groups is 2. The molecular weight excluding hydrogens is 348 g/mol. The van der Waals surface area contributed by atoms with E-state index in [1.54, 1.807) is 12.1 Å². The minimum Gasteiger partial charge on any atom is -0.389 e. The van der Waals surface area contributed by atoms with Gasteiger partial charge in [-0.3, -0.25) is 9.59 Å². The molecule has 25 heavy (non-hydrogen) atoms. The van der Waals surface area contributed by atoms with E-state index in [0.29, 0.717) is 18.8 Å². The van der Waals surface area contributed by atoms with Crippen LogP contribution in [0.5, 0.6) is 0 Å². The van der Waals surface area contributed by atoms with Crippen LogP contribution in [0.1, 0.15) is 21.5 Å². The minimum absolute atomic E-state index is 0.00465. The Kier molecular flexibility index (Phi) is 4.81. The second-order valence-corrected chi connectivity index (χ2v) is 8.59. The predicted molar refractivity (Wildman–Crippen MR) is 88.5 cm³/mol. The Balaban J connectivity index is 1.66. The van der Waals surface area contributed by atoms with Gasteiger partial charge in [-0.05, 0) is 17.2 Å². The molecule has 1 aromatic rings. The van der Waals surface area contributed by atoms with Crippen molar-refractivity contribution in [3.05, 3.63) is 34.9 Å². The Bertz CT molecular complexity index is 807. The lowest BCUT2D eigenvalue weighted by atomic mass is 10.0. The van der Waals surface area contributed by atoms with Crippen molar-refractivity contribution in [3.63, 3.8) is 0 Å². The number of nitrogens with zero attached hydrogens (tertiary/aromatic N) is 1. The highest BCUT2D eigenvalue weighted by Gasteiger charge is 2.36. The zero-order valence-electron chi connectivity index (χ0n) is 13.8. The number of amides is 2. The summed E-state index contributed by atoms with van der Waals surface area (Å²) in [6, 6.07) is 4.72. The van der Waals surface area contributed by atoms with E-state index in [-0.39, 0.29) is 19.0 Å². The van der Waals surface area contributed by atoms with E-state index in [1.807, 2.05) is 6.07 Å². The van der Waals surface area contributed by atoms with E-state index in [4.69, 9.17) is 4.74 Å². The van der Waals surface area contributed by atoms with Gasteiger partial charge < -0.3 is 20.1 Å². The van der Waals surface area contributed by atoms with Crippen LogP contribution < -0.4 is 5.32 Å². The molecule has 0 unspecified atom stereocenters. The lowest BCUT2D eigenvalue weighted by molar-refractivity contribution is -0.127. The number of ether oxygens (including phenoxy) is 1. The zero-order chi connectivity index (χ0) is 18.2. The number of aliphatic hydroxyl groups excluding tert-OH is 1. The molecule has 2 atom stereocenters. The number of carbonyl (C=O) groups excluding carboxylic acids is 2. The summed E-state index contributed by atoms with van der Waals surface area (Å²) < 4.78 is 27.8. The normalized spacial score (nSPS) is 22.7. The topological polar surface area (TPSA) is 113 Å². The number of aliphatic hydroxyl groups is 1. The summed E-state index contributed by atoms with van der Waals surface area (Å²) in [5, 5.41) is 12.8. The van der Waals surface area contributed by atoms with Crippen LogP contribution in [0.25, 0.3) is 0 Å². The first-order chi connectivity index (χ1) is 11.7. The van der Waals surface area contributed by atoms with Gasteiger partial charge in [0.05, 0.1) is 25.4 Å². The van der Waals surface area contributed by atoms with Crippen molar-refractivity contribution in [2.75, 3.05) is 25.1 Å². The van der Waals surface area contributed by atoms with Gasteiger partial charge in [-0.15, -0.1) is 0 Å². The Morgan fingerprint density at radius 2 is 2.08 bits per heavy atom. The molecule has 2 heterocycles.